The number of nitrogens with zero attached hydrogens (tertiary/aromatic N) is 3. The van der Waals surface area contributed by atoms with E-state index in [9.17, 15) is 4.79 Å². The molecule has 1 unspecified atom stereocenters. The highest BCUT2D eigenvalue weighted by Gasteiger charge is 2.27. The highest BCUT2D eigenvalue weighted by molar-refractivity contribution is 5.74. The number of hydrogen-bond donors (Lipinski definition) is 1. The van der Waals surface area contributed by atoms with E-state index in [4.69, 9.17) is 0 Å². The molecule has 0 aromatic carbocycles. The Hall–Kier alpha value is -0.810. The first-order valence-corrected chi connectivity index (χ1v) is 6.08. The Morgan fingerprint density at radius 2 is 2.12 bits per heavy atom. The van der Waals surface area contributed by atoms with Crippen molar-refractivity contribution in [1.29, 1.82) is 0 Å². The van der Waals surface area contributed by atoms with Gasteiger partial charge in [-0.3, -0.25) is 4.90 Å². The molecule has 0 spiro atoms. The Morgan fingerprint density at radius 1 is 1.31 bits per heavy atom. The van der Waals surface area contributed by atoms with Crippen molar-refractivity contribution in [2.24, 2.45) is 0 Å². The lowest BCUT2D eigenvalue weighted by atomic mass is 10.1. The van der Waals surface area contributed by atoms with E-state index in [1.54, 1.807) is 0 Å². The van der Waals surface area contributed by atoms with Gasteiger partial charge in [-0.2, -0.15) is 0 Å². The summed E-state index contributed by atoms with van der Waals surface area (Å²) in [5.74, 6) is 0. The SMILES string of the molecule is CN1CCN(C)C(CN2CCCNC2=O)C1. The van der Waals surface area contributed by atoms with Crippen LogP contribution in [0.3, 0.4) is 0 Å². The lowest BCUT2D eigenvalue weighted by Crippen LogP contribution is -2.57. The zero-order valence-electron chi connectivity index (χ0n) is 10.3. The van der Waals surface area contributed by atoms with Gasteiger partial charge in [-0.15, -0.1) is 0 Å². The minimum atomic E-state index is 0.105. The number of carbonyl (C=O) groups is 1. The van der Waals surface area contributed by atoms with Gasteiger partial charge in [0.25, 0.3) is 0 Å². The van der Waals surface area contributed by atoms with Crippen molar-refractivity contribution < 1.29 is 4.79 Å². The van der Waals surface area contributed by atoms with Crippen LogP contribution in [-0.4, -0.2) is 80.1 Å². The van der Waals surface area contributed by atoms with Crippen molar-refractivity contribution in [1.82, 2.24) is 20.0 Å². The molecule has 2 saturated heterocycles. The number of hydrogen-bond acceptors (Lipinski definition) is 3. The first-order chi connectivity index (χ1) is 7.66. The van der Waals surface area contributed by atoms with Crippen molar-refractivity contribution in [3.8, 4) is 0 Å². The Balaban J connectivity index is 1.89. The number of urea groups is 1. The third-order valence-corrected chi connectivity index (χ3v) is 3.58. The van der Waals surface area contributed by atoms with Crippen LogP contribution in [0.15, 0.2) is 0 Å². The topological polar surface area (TPSA) is 38.8 Å². The van der Waals surface area contributed by atoms with Gasteiger partial charge in [0.2, 0.25) is 0 Å². The van der Waals surface area contributed by atoms with E-state index in [-0.39, 0.29) is 6.03 Å². The summed E-state index contributed by atoms with van der Waals surface area (Å²) >= 11 is 0. The van der Waals surface area contributed by atoms with Crippen molar-refractivity contribution in [2.45, 2.75) is 12.5 Å². The summed E-state index contributed by atoms with van der Waals surface area (Å²) in [6.07, 6.45) is 1.07. The normalized spacial score (nSPS) is 29.2. The van der Waals surface area contributed by atoms with Gasteiger partial charge in [0, 0.05) is 45.3 Å². The maximum absolute atomic E-state index is 11.6. The van der Waals surface area contributed by atoms with E-state index in [0.717, 1.165) is 45.7 Å². The van der Waals surface area contributed by atoms with Crippen LogP contribution in [0.2, 0.25) is 0 Å². The van der Waals surface area contributed by atoms with Crippen molar-refractivity contribution >= 4 is 6.03 Å². The van der Waals surface area contributed by atoms with Crippen LogP contribution >= 0.6 is 0 Å². The molecule has 16 heavy (non-hydrogen) atoms. The maximum atomic E-state index is 11.6. The Bertz CT molecular complexity index is 258. The monoisotopic (exact) mass is 226 g/mol. The minimum Gasteiger partial charge on any atom is -0.338 e. The molecule has 2 heterocycles. The van der Waals surface area contributed by atoms with E-state index in [0.29, 0.717) is 6.04 Å². The molecule has 2 fully saturated rings. The molecule has 0 aromatic heterocycles. The fourth-order valence-corrected chi connectivity index (χ4v) is 2.41. The van der Waals surface area contributed by atoms with Gasteiger partial charge in [-0.25, -0.2) is 4.79 Å². The fraction of sp³-hybridized carbons (Fsp3) is 0.909. The zero-order valence-corrected chi connectivity index (χ0v) is 10.3. The summed E-state index contributed by atoms with van der Waals surface area (Å²) in [7, 11) is 4.30. The van der Waals surface area contributed by atoms with Gasteiger partial charge in [-0.1, -0.05) is 0 Å². The molecule has 2 aliphatic heterocycles. The predicted molar refractivity (Wildman–Crippen MR) is 63.5 cm³/mol. The molecule has 1 atom stereocenters. The summed E-state index contributed by atoms with van der Waals surface area (Å²) < 4.78 is 0. The van der Waals surface area contributed by atoms with Crippen LogP contribution < -0.4 is 5.32 Å². The first kappa shape index (κ1) is 11.7. The molecule has 0 aromatic rings. The lowest BCUT2D eigenvalue weighted by Gasteiger charge is -2.41. The minimum absolute atomic E-state index is 0.105. The summed E-state index contributed by atoms with van der Waals surface area (Å²) in [5.41, 5.74) is 0. The summed E-state index contributed by atoms with van der Waals surface area (Å²) in [5, 5.41) is 2.90. The van der Waals surface area contributed by atoms with E-state index >= 15 is 0 Å². The van der Waals surface area contributed by atoms with Gasteiger partial charge in [0.1, 0.15) is 0 Å². The fourth-order valence-electron chi connectivity index (χ4n) is 2.41. The van der Waals surface area contributed by atoms with Gasteiger partial charge >= 0.3 is 6.03 Å². The molecular weight excluding hydrogens is 204 g/mol. The average molecular weight is 226 g/mol. The molecule has 2 rings (SSSR count). The number of nitrogens with one attached hydrogen (secondary N) is 1. The Morgan fingerprint density at radius 3 is 2.88 bits per heavy atom. The summed E-state index contributed by atoms with van der Waals surface area (Å²) in [4.78, 5) is 18.3. The molecule has 0 bridgehead atoms. The molecule has 1 N–H and O–H groups in total. The summed E-state index contributed by atoms with van der Waals surface area (Å²) in [6.45, 7) is 5.86. The number of likely N-dealkylation sites (N-methyl/N-ethyl adjacent to an activating group) is 2. The van der Waals surface area contributed by atoms with Crippen LogP contribution in [0.1, 0.15) is 6.42 Å². The second kappa shape index (κ2) is 5.01. The van der Waals surface area contributed by atoms with Crippen LogP contribution in [-0.2, 0) is 0 Å². The molecule has 5 nitrogen and oxygen atoms in total. The molecule has 2 amide bonds. The quantitative estimate of drug-likeness (QED) is 0.699. The predicted octanol–water partition coefficient (Wildman–Crippen LogP) is -0.352. The lowest BCUT2D eigenvalue weighted by molar-refractivity contribution is 0.0861. The van der Waals surface area contributed by atoms with Gasteiger partial charge in [0.05, 0.1) is 0 Å². The van der Waals surface area contributed by atoms with Crippen molar-refractivity contribution in [2.75, 3.05) is 53.4 Å². The second-order valence-electron chi connectivity index (χ2n) is 4.93. The molecular formula is C11H22N4O. The number of amides is 2. The van der Waals surface area contributed by atoms with E-state index < -0.39 is 0 Å². The smallest absolute Gasteiger partial charge is 0.317 e. The van der Waals surface area contributed by atoms with E-state index in [1.165, 1.54) is 0 Å². The molecule has 2 aliphatic rings. The first-order valence-electron chi connectivity index (χ1n) is 6.08. The molecule has 92 valence electrons. The Kier molecular flexibility index (Phi) is 3.66. The van der Waals surface area contributed by atoms with Crippen LogP contribution in [0, 0.1) is 0 Å². The van der Waals surface area contributed by atoms with Gasteiger partial charge in [0.15, 0.2) is 0 Å². The van der Waals surface area contributed by atoms with Crippen LogP contribution in [0.25, 0.3) is 0 Å². The summed E-state index contributed by atoms with van der Waals surface area (Å²) in [6, 6.07) is 0.579. The number of carbonyl (C=O) groups excluding carboxylic acids is 1. The van der Waals surface area contributed by atoms with Crippen LogP contribution in [0.4, 0.5) is 4.79 Å². The van der Waals surface area contributed by atoms with Crippen LogP contribution in [0.5, 0.6) is 0 Å². The van der Waals surface area contributed by atoms with Gasteiger partial charge in [-0.05, 0) is 20.5 Å². The van der Waals surface area contributed by atoms with E-state index in [1.807, 2.05) is 4.90 Å². The van der Waals surface area contributed by atoms with E-state index in [2.05, 4.69) is 29.2 Å². The van der Waals surface area contributed by atoms with Gasteiger partial charge < -0.3 is 15.1 Å². The average Bonchev–Trinajstić information content (AvgIpc) is 2.27. The highest BCUT2D eigenvalue weighted by atomic mass is 16.2. The number of piperazine rings is 1. The molecule has 0 radical (unpaired) electrons. The third kappa shape index (κ3) is 2.65. The standard InChI is InChI=1S/C11H22N4O/c1-13-6-7-14(2)10(8-13)9-15-5-3-4-12-11(15)16/h10H,3-9H2,1-2H3,(H,12,16). The van der Waals surface area contributed by atoms with Crippen molar-refractivity contribution in [3.63, 3.8) is 0 Å². The number of rotatable bonds is 2. The molecule has 0 saturated carbocycles. The second-order valence-corrected chi connectivity index (χ2v) is 4.93. The highest BCUT2D eigenvalue weighted by Crippen LogP contribution is 2.09. The largest absolute Gasteiger partial charge is 0.338 e. The third-order valence-electron chi connectivity index (χ3n) is 3.58. The maximum Gasteiger partial charge on any atom is 0.317 e. The Labute approximate surface area is 97.4 Å². The molecule has 5 heteroatoms. The zero-order chi connectivity index (χ0) is 11.5. The molecule has 0 aliphatic carbocycles. The van der Waals surface area contributed by atoms with Crippen molar-refractivity contribution in [3.05, 3.63) is 0 Å².